The molecule has 0 aliphatic rings. The third-order valence-electron chi connectivity index (χ3n) is 3.01. The van der Waals surface area contributed by atoms with E-state index in [2.05, 4.69) is 5.32 Å². The van der Waals surface area contributed by atoms with Gasteiger partial charge in [-0.25, -0.2) is 0 Å². The Morgan fingerprint density at radius 1 is 1.00 bits per heavy atom. The number of anilines is 1. The Bertz CT molecular complexity index is 693. The van der Waals surface area contributed by atoms with Crippen LogP contribution >= 0.6 is 11.6 Å². The maximum atomic E-state index is 9.01. The molecule has 2 rings (SSSR count). The Morgan fingerprint density at radius 2 is 1.65 bits per heavy atom. The van der Waals surface area contributed by atoms with Gasteiger partial charge in [0.05, 0.1) is 11.1 Å². The van der Waals surface area contributed by atoms with Crippen LogP contribution in [0, 0.1) is 22.7 Å². The molecule has 2 aromatic carbocycles. The molecule has 0 saturated carbocycles. The minimum atomic E-state index is 0.0757. The molecule has 20 heavy (non-hydrogen) atoms. The minimum absolute atomic E-state index is 0.0757. The largest absolute Gasteiger partial charge is 0.378 e. The standard InChI is InChI=1S/C16H12ClN3/c1-11(12-2-5-15(17)6-3-12)20-16-7-4-13(9-18)14(8-16)10-19/h2-8,11,20H,1H3. The first-order valence-electron chi connectivity index (χ1n) is 6.10. The summed E-state index contributed by atoms with van der Waals surface area (Å²) in [6, 6.07) is 16.8. The molecular weight excluding hydrogens is 270 g/mol. The van der Waals surface area contributed by atoms with E-state index in [0.717, 1.165) is 11.3 Å². The molecule has 0 radical (unpaired) electrons. The topological polar surface area (TPSA) is 59.6 Å². The summed E-state index contributed by atoms with van der Waals surface area (Å²) in [6.07, 6.45) is 0. The highest BCUT2D eigenvalue weighted by Crippen LogP contribution is 2.22. The van der Waals surface area contributed by atoms with Gasteiger partial charge in [0, 0.05) is 16.8 Å². The van der Waals surface area contributed by atoms with E-state index < -0.39 is 0 Å². The van der Waals surface area contributed by atoms with Gasteiger partial charge in [-0.15, -0.1) is 0 Å². The molecule has 4 heteroatoms. The fourth-order valence-corrected chi connectivity index (χ4v) is 2.03. The minimum Gasteiger partial charge on any atom is -0.378 e. The smallest absolute Gasteiger partial charge is 0.101 e. The Balaban J connectivity index is 2.20. The first-order valence-corrected chi connectivity index (χ1v) is 6.48. The number of benzene rings is 2. The number of rotatable bonds is 3. The van der Waals surface area contributed by atoms with Gasteiger partial charge in [0.2, 0.25) is 0 Å². The van der Waals surface area contributed by atoms with Gasteiger partial charge in [-0.2, -0.15) is 10.5 Å². The lowest BCUT2D eigenvalue weighted by Gasteiger charge is -2.16. The van der Waals surface area contributed by atoms with Crippen LogP contribution in [0.15, 0.2) is 42.5 Å². The Hall–Kier alpha value is -2.49. The van der Waals surface area contributed by atoms with Crippen LogP contribution in [0.4, 0.5) is 5.69 Å². The molecule has 0 saturated heterocycles. The number of nitriles is 2. The number of hydrogen-bond donors (Lipinski definition) is 1. The van der Waals surface area contributed by atoms with E-state index in [1.54, 1.807) is 18.2 Å². The third-order valence-corrected chi connectivity index (χ3v) is 3.27. The van der Waals surface area contributed by atoms with Crippen molar-refractivity contribution in [3.05, 3.63) is 64.2 Å². The highest BCUT2D eigenvalue weighted by atomic mass is 35.5. The molecule has 0 amide bonds. The summed E-state index contributed by atoms with van der Waals surface area (Å²) < 4.78 is 0. The summed E-state index contributed by atoms with van der Waals surface area (Å²) >= 11 is 5.86. The zero-order valence-electron chi connectivity index (χ0n) is 10.9. The zero-order valence-corrected chi connectivity index (χ0v) is 11.6. The molecule has 0 aromatic heterocycles. The van der Waals surface area contributed by atoms with Gasteiger partial charge in [0.1, 0.15) is 12.1 Å². The van der Waals surface area contributed by atoms with Crippen LogP contribution in [0.1, 0.15) is 29.7 Å². The molecule has 0 bridgehead atoms. The number of halogens is 1. The SMILES string of the molecule is CC(Nc1ccc(C#N)c(C#N)c1)c1ccc(Cl)cc1. The lowest BCUT2D eigenvalue weighted by Crippen LogP contribution is -2.06. The molecule has 98 valence electrons. The van der Waals surface area contributed by atoms with Crippen LogP contribution in [0.5, 0.6) is 0 Å². The van der Waals surface area contributed by atoms with Crippen molar-refractivity contribution < 1.29 is 0 Å². The molecule has 1 N–H and O–H groups in total. The van der Waals surface area contributed by atoms with Gasteiger partial charge in [0.25, 0.3) is 0 Å². The van der Waals surface area contributed by atoms with Crippen LogP contribution in [0.2, 0.25) is 5.02 Å². The normalized spacial score (nSPS) is 11.2. The summed E-state index contributed by atoms with van der Waals surface area (Å²) in [5.41, 5.74) is 2.67. The Labute approximate surface area is 123 Å². The summed E-state index contributed by atoms with van der Waals surface area (Å²) in [6.45, 7) is 2.02. The van der Waals surface area contributed by atoms with Crippen molar-refractivity contribution in [2.24, 2.45) is 0 Å². The highest BCUT2D eigenvalue weighted by molar-refractivity contribution is 6.30. The quantitative estimate of drug-likeness (QED) is 0.914. The number of hydrogen-bond acceptors (Lipinski definition) is 3. The van der Waals surface area contributed by atoms with Gasteiger partial charge in [-0.1, -0.05) is 23.7 Å². The molecule has 0 spiro atoms. The molecular formula is C16H12ClN3. The van der Waals surface area contributed by atoms with Crippen molar-refractivity contribution in [2.75, 3.05) is 5.32 Å². The fourth-order valence-electron chi connectivity index (χ4n) is 1.91. The van der Waals surface area contributed by atoms with E-state index in [9.17, 15) is 0 Å². The van der Waals surface area contributed by atoms with Gasteiger partial charge in [-0.3, -0.25) is 0 Å². The summed E-state index contributed by atoms with van der Waals surface area (Å²) in [7, 11) is 0. The maximum absolute atomic E-state index is 9.01. The van der Waals surface area contributed by atoms with Crippen LogP contribution in [0.3, 0.4) is 0 Å². The first-order chi connectivity index (χ1) is 9.63. The molecule has 0 fully saturated rings. The molecule has 3 nitrogen and oxygen atoms in total. The third kappa shape index (κ3) is 3.09. The predicted octanol–water partition coefficient (Wildman–Crippen LogP) is 4.26. The summed E-state index contributed by atoms with van der Waals surface area (Å²) in [5.74, 6) is 0. The van der Waals surface area contributed by atoms with E-state index in [0.29, 0.717) is 16.1 Å². The van der Waals surface area contributed by atoms with Crippen LogP contribution in [0.25, 0.3) is 0 Å². The summed E-state index contributed by atoms with van der Waals surface area (Å²) in [5, 5.41) is 21.9. The summed E-state index contributed by atoms with van der Waals surface area (Å²) in [4.78, 5) is 0. The van der Waals surface area contributed by atoms with Crippen molar-refractivity contribution in [2.45, 2.75) is 13.0 Å². The maximum Gasteiger partial charge on any atom is 0.101 e. The van der Waals surface area contributed by atoms with Crippen molar-refractivity contribution >= 4 is 17.3 Å². The second-order valence-electron chi connectivity index (χ2n) is 4.40. The monoisotopic (exact) mass is 281 g/mol. The van der Waals surface area contributed by atoms with Gasteiger partial charge >= 0.3 is 0 Å². The van der Waals surface area contributed by atoms with Gasteiger partial charge < -0.3 is 5.32 Å². The van der Waals surface area contributed by atoms with Gasteiger partial charge in [-0.05, 0) is 42.8 Å². The molecule has 2 aromatic rings. The molecule has 1 atom stereocenters. The van der Waals surface area contributed by atoms with Crippen molar-refractivity contribution in [3.8, 4) is 12.1 Å². The van der Waals surface area contributed by atoms with Crippen LogP contribution in [-0.4, -0.2) is 0 Å². The average Bonchev–Trinajstić information content (AvgIpc) is 2.47. The van der Waals surface area contributed by atoms with Crippen LogP contribution < -0.4 is 5.32 Å². The second-order valence-corrected chi connectivity index (χ2v) is 4.84. The second kappa shape index (κ2) is 6.10. The Kier molecular flexibility index (Phi) is 4.25. The number of nitrogens with zero attached hydrogens (tertiary/aromatic N) is 2. The highest BCUT2D eigenvalue weighted by Gasteiger charge is 2.07. The van der Waals surface area contributed by atoms with Crippen molar-refractivity contribution in [3.63, 3.8) is 0 Å². The predicted molar refractivity (Wildman–Crippen MR) is 79.4 cm³/mol. The zero-order chi connectivity index (χ0) is 14.5. The van der Waals surface area contributed by atoms with E-state index in [4.69, 9.17) is 22.1 Å². The van der Waals surface area contributed by atoms with Crippen molar-refractivity contribution in [1.29, 1.82) is 10.5 Å². The molecule has 1 unspecified atom stereocenters. The fraction of sp³-hybridized carbons (Fsp3) is 0.125. The molecule has 0 aliphatic carbocycles. The Morgan fingerprint density at radius 3 is 2.25 bits per heavy atom. The van der Waals surface area contributed by atoms with E-state index >= 15 is 0 Å². The molecule has 0 aliphatic heterocycles. The lowest BCUT2D eigenvalue weighted by molar-refractivity contribution is 0.885. The first kappa shape index (κ1) is 13.9. The van der Waals surface area contributed by atoms with Crippen molar-refractivity contribution in [1.82, 2.24) is 0 Å². The number of nitrogens with one attached hydrogen (secondary N) is 1. The van der Waals surface area contributed by atoms with Gasteiger partial charge in [0.15, 0.2) is 0 Å². The lowest BCUT2D eigenvalue weighted by atomic mass is 10.1. The van der Waals surface area contributed by atoms with E-state index in [1.165, 1.54) is 0 Å². The average molecular weight is 282 g/mol. The van der Waals surface area contributed by atoms with E-state index in [1.807, 2.05) is 43.3 Å². The van der Waals surface area contributed by atoms with Crippen LogP contribution in [-0.2, 0) is 0 Å². The molecule has 0 heterocycles. The van der Waals surface area contributed by atoms with E-state index in [-0.39, 0.29) is 6.04 Å².